The topological polar surface area (TPSA) is 39.3 Å². The Morgan fingerprint density at radius 1 is 1.21 bits per heavy atom. The van der Waals surface area contributed by atoms with Crippen LogP contribution in [0.25, 0.3) is 10.9 Å². The van der Waals surface area contributed by atoms with Crippen LogP contribution in [0.4, 0.5) is 0 Å². The Morgan fingerprint density at radius 2 is 2.00 bits per heavy atom. The molecule has 1 aromatic carbocycles. The summed E-state index contributed by atoms with van der Waals surface area (Å²) in [6.45, 7) is 4.58. The predicted octanol–water partition coefficient (Wildman–Crippen LogP) is 1.60. The molecule has 0 spiro atoms. The Kier molecular flexibility index (Phi) is 3.36. The molecule has 1 aromatic heterocycles. The van der Waals surface area contributed by atoms with Crippen LogP contribution in [0.5, 0.6) is 0 Å². The number of nitrogens with zero attached hydrogens (tertiary/aromatic N) is 2. The van der Waals surface area contributed by atoms with Crippen molar-refractivity contribution in [1.29, 1.82) is 0 Å². The van der Waals surface area contributed by atoms with Gasteiger partial charge in [-0.05, 0) is 31.3 Å². The summed E-state index contributed by atoms with van der Waals surface area (Å²) < 4.78 is 0. The Labute approximate surface area is 113 Å². The van der Waals surface area contributed by atoms with E-state index in [0.29, 0.717) is 6.54 Å². The highest BCUT2D eigenvalue weighted by molar-refractivity contribution is 6.00. The van der Waals surface area contributed by atoms with Gasteiger partial charge in [-0.15, -0.1) is 0 Å². The fourth-order valence-electron chi connectivity index (χ4n) is 2.53. The molecule has 0 amide bonds. The lowest BCUT2D eigenvalue weighted by Gasteiger charge is -2.31. The van der Waals surface area contributed by atoms with Crippen molar-refractivity contribution in [2.45, 2.75) is 0 Å². The third kappa shape index (κ3) is 2.69. The van der Waals surface area contributed by atoms with Gasteiger partial charge in [-0.25, -0.2) is 0 Å². The summed E-state index contributed by atoms with van der Waals surface area (Å²) in [5.74, 6) is 0.215. The van der Waals surface area contributed by atoms with Crippen molar-refractivity contribution in [1.82, 2.24) is 14.8 Å². The number of carbonyl (C=O) groups is 1. The van der Waals surface area contributed by atoms with Gasteiger partial charge in [0.25, 0.3) is 0 Å². The van der Waals surface area contributed by atoms with Gasteiger partial charge in [-0.3, -0.25) is 9.69 Å². The zero-order valence-electron chi connectivity index (χ0n) is 11.2. The largest absolute Gasteiger partial charge is 0.361 e. The van der Waals surface area contributed by atoms with E-state index in [0.717, 1.165) is 42.6 Å². The fraction of sp³-hybridized carbons (Fsp3) is 0.400. The highest BCUT2D eigenvalue weighted by Crippen LogP contribution is 2.15. The molecule has 1 saturated heterocycles. The number of nitrogens with one attached hydrogen (secondary N) is 1. The molecule has 3 rings (SSSR count). The number of hydrogen-bond donors (Lipinski definition) is 1. The molecule has 100 valence electrons. The minimum absolute atomic E-state index is 0.215. The van der Waals surface area contributed by atoms with E-state index in [1.807, 2.05) is 30.5 Å². The van der Waals surface area contributed by atoms with E-state index in [-0.39, 0.29) is 5.78 Å². The van der Waals surface area contributed by atoms with Crippen LogP contribution < -0.4 is 0 Å². The highest BCUT2D eigenvalue weighted by Gasteiger charge is 2.17. The van der Waals surface area contributed by atoms with Crippen molar-refractivity contribution in [3.05, 3.63) is 36.0 Å². The van der Waals surface area contributed by atoms with Crippen LogP contribution in [0.1, 0.15) is 10.4 Å². The number of ketones is 1. The number of hydrogen-bond acceptors (Lipinski definition) is 3. The van der Waals surface area contributed by atoms with Crippen LogP contribution in [-0.2, 0) is 0 Å². The second-order valence-electron chi connectivity index (χ2n) is 5.28. The molecule has 0 unspecified atom stereocenters. The lowest BCUT2D eigenvalue weighted by atomic mass is 10.1. The number of fused-ring (bicyclic) bond motifs is 1. The number of rotatable bonds is 3. The number of aromatic nitrogens is 1. The Hall–Kier alpha value is -1.65. The van der Waals surface area contributed by atoms with Gasteiger partial charge in [0, 0.05) is 48.8 Å². The molecule has 1 fully saturated rings. The first-order chi connectivity index (χ1) is 9.22. The van der Waals surface area contributed by atoms with Gasteiger partial charge in [-0.2, -0.15) is 0 Å². The number of benzene rings is 1. The van der Waals surface area contributed by atoms with Crippen LogP contribution in [0, 0.1) is 0 Å². The Bertz CT molecular complexity index is 582. The molecule has 1 N–H and O–H groups in total. The van der Waals surface area contributed by atoms with Gasteiger partial charge in [0.15, 0.2) is 5.78 Å². The molecule has 4 heteroatoms. The van der Waals surface area contributed by atoms with Crippen LogP contribution in [0.3, 0.4) is 0 Å². The number of Topliss-reactive ketones (excluding diaryl/α,β-unsaturated/α-hetero) is 1. The maximum Gasteiger partial charge on any atom is 0.176 e. The maximum absolute atomic E-state index is 12.3. The first kappa shape index (κ1) is 12.4. The molecule has 0 aliphatic carbocycles. The van der Waals surface area contributed by atoms with Gasteiger partial charge in [0.1, 0.15) is 0 Å². The molecule has 19 heavy (non-hydrogen) atoms. The summed E-state index contributed by atoms with van der Waals surface area (Å²) in [5.41, 5.74) is 1.89. The predicted molar refractivity (Wildman–Crippen MR) is 76.6 cm³/mol. The summed E-state index contributed by atoms with van der Waals surface area (Å²) in [6.07, 6.45) is 1.90. The molecular weight excluding hydrogens is 238 g/mol. The molecule has 0 saturated carbocycles. The molecule has 0 radical (unpaired) electrons. The van der Waals surface area contributed by atoms with Crippen LogP contribution in [-0.4, -0.2) is 60.3 Å². The quantitative estimate of drug-likeness (QED) is 0.849. The molecule has 0 bridgehead atoms. The van der Waals surface area contributed by atoms with Gasteiger partial charge < -0.3 is 9.88 Å². The van der Waals surface area contributed by atoms with E-state index in [9.17, 15) is 4.79 Å². The van der Waals surface area contributed by atoms with Crippen LogP contribution in [0.15, 0.2) is 30.5 Å². The lowest BCUT2D eigenvalue weighted by Crippen LogP contribution is -2.46. The van der Waals surface area contributed by atoms with Gasteiger partial charge in [0.05, 0.1) is 6.54 Å². The normalized spacial score (nSPS) is 17.9. The van der Waals surface area contributed by atoms with Crippen molar-refractivity contribution in [2.24, 2.45) is 0 Å². The molecule has 4 nitrogen and oxygen atoms in total. The number of piperazine rings is 1. The maximum atomic E-state index is 12.3. The fourth-order valence-corrected chi connectivity index (χ4v) is 2.53. The van der Waals surface area contributed by atoms with E-state index in [4.69, 9.17) is 0 Å². The van der Waals surface area contributed by atoms with Crippen molar-refractivity contribution in [3.8, 4) is 0 Å². The number of carbonyl (C=O) groups excluding carboxylic acids is 1. The van der Waals surface area contributed by atoms with Crippen molar-refractivity contribution in [2.75, 3.05) is 39.8 Å². The van der Waals surface area contributed by atoms with E-state index in [2.05, 4.69) is 21.8 Å². The lowest BCUT2D eigenvalue weighted by molar-refractivity contribution is 0.0876. The molecule has 2 aromatic rings. The zero-order valence-corrected chi connectivity index (χ0v) is 11.2. The van der Waals surface area contributed by atoms with Crippen LogP contribution >= 0.6 is 0 Å². The zero-order chi connectivity index (χ0) is 13.2. The summed E-state index contributed by atoms with van der Waals surface area (Å²) in [7, 11) is 2.12. The van der Waals surface area contributed by atoms with Crippen molar-refractivity contribution in [3.63, 3.8) is 0 Å². The number of likely N-dealkylation sites (N-methyl/N-ethyl adjacent to an activating group) is 1. The van der Waals surface area contributed by atoms with Crippen molar-refractivity contribution < 1.29 is 4.79 Å². The second kappa shape index (κ2) is 5.15. The third-order valence-corrected chi connectivity index (χ3v) is 3.84. The summed E-state index contributed by atoms with van der Waals surface area (Å²) in [5, 5.41) is 1.10. The van der Waals surface area contributed by atoms with Crippen molar-refractivity contribution >= 4 is 16.7 Å². The molecule has 1 aliphatic heterocycles. The number of H-pyrrole nitrogens is 1. The molecule has 0 atom stereocenters. The van der Waals surface area contributed by atoms with E-state index < -0.39 is 0 Å². The average Bonchev–Trinajstić information content (AvgIpc) is 2.88. The average molecular weight is 257 g/mol. The molecule has 1 aliphatic rings. The highest BCUT2D eigenvalue weighted by atomic mass is 16.1. The minimum Gasteiger partial charge on any atom is -0.361 e. The summed E-state index contributed by atoms with van der Waals surface area (Å²) in [6, 6.07) is 7.87. The van der Waals surface area contributed by atoms with Gasteiger partial charge in [0.2, 0.25) is 0 Å². The summed E-state index contributed by atoms with van der Waals surface area (Å²) in [4.78, 5) is 20.0. The first-order valence-electron chi connectivity index (χ1n) is 6.73. The van der Waals surface area contributed by atoms with E-state index >= 15 is 0 Å². The monoisotopic (exact) mass is 257 g/mol. The van der Waals surface area contributed by atoms with Crippen LogP contribution in [0.2, 0.25) is 0 Å². The minimum atomic E-state index is 0.215. The molecular formula is C15H19N3O. The first-order valence-corrected chi connectivity index (χ1v) is 6.73. The summed E-state index contributed by atoms with van der Waals surface area (Å²) >= 11 is 0. The smallest absolute Gasteiger partial charge is 0.176 e. The third-order valence-electron chi connectivity index (χ3n) is 3.84. The Morgan fingerprint density at radius 3 is 2.79 bits per heavy atom. The number of aromatic amines is 1. The van der Waals surface area contributed by atoms with E-state index in [1.54, 1.807) is 0 Å². The second-order valence-corrected chi connectivity index (χ2v) is 5.28. The molecule has 2 heterocycles. The SMILES string of the molecule is CN1CCN(CC(=O)c2ccc3[nH]ccc3c2)CC1. The van der Waals surface area contributed by atoms with E-state index in [1.165, 1.54) is 0 Å². The van der Waals surface area contributed by atoms with Gasteiger partial charge in [-0.1, -0.05) is 0 Å². The standard InChI is InChI=1S/C15H19N3O/c1-17-6-8-18(9-7-17)11-15(19)13-2-3-14-12(10-13)4-5-16-14/h2-5,10,16H,6-9,11H2,1H3. The van der Waals surface area contributed by atoms with Gasteiger partial charge >= 0.3 is 0 Å². The Balaban J connectivity index is 1.69.